The van der Waals surface area contributed by atoms with Crippen molar-refractivity contribution < 1.29 is 4.39 Å². The van der Waals surface area contributed by atoms with E-state index in [1.54, 1.807) is 12.1 Å². The van der Waals surface area contributed by atoms with Crippen LogP contribution in [0.3, 0.4) is 0 Å². The maximum Gasteiger partial charge on any atom is 0.156 e. The second-order valence-electron chi connectivity index (χ2n) is 2.94. The predicted octanol–water partition coefficient (Wildman–Crippen LogP) is 2.63. The molecule has 0 amide bonds. The van der Waals surface area contributed by atoms with Crippen LogP contribution in [0, 0.1) is 5.82 Å². The van der Waals surface area contributed by atoms with E-state index >= 15 is 0 Å². The van der Waals surface area contributed by atoms with E-state index in [4.69, 9.17) is 5.73 Å². The van der Waals surface area contributed by atoms with E-state index in [2.05, 4.69) is 25.9 Å². The van der Waals surface area contributed by atoms with Crippen molar-refractivity contribution in [1.29, 1.82) is 0 Å². The first-order valence-corrected chi connectivity index (χ1v) is 5.00. The van der Waals surface area contributed by atoms with Gasteiger partial charge in [-0.1, -0.05) is 12.1 Å². The Labute approximate surface area is 94.3 Å². The van der Waals surface area contributed by atoms with Gasteiger partial charge in [-0.3, -0.25) is 0 Å². The number of anilines is 1. The van der Waals surface area contributed by atoms with Gasteiger partial charge in [0, 0.05) is 5.56 Å². The Morgan fingerprint density at radius 1 is 1.33 bits per heavy atom. The van der Waals surface area contributed by atoms with Gasteiger partial charge in [0.1, 0.15) is 10.4 Å². The summed E-state index contributed by atoms with van der Waals surface area (Å²) in [6, 6.07) is 6.16. The Kier molecular flexibility index (Phi) is 2.64. The number of benzene rings is 1. The van der Waals surface area contributed by atoms with Crippen LogP contribution in [-0.4, -0.2) is 9.97 Å². The van der Waals surface area contributed by atoms with E-state index in [1.165, 1.54) is 18.3 Å². The average molecular weight is 268 g/mol. The molecule has 0 spiro atoms. The van der Waals surface area contributed by atoms with Crippen LogP contribution in [0.4, 0.5) is 10.2 Å². The van der Waals surface area contributed by atoms with Crippen LogP contribution in [-0.2, 0) is 0 Å². The van der Waals surface area contributed by atoms with Gasteiger partial charge in [0.05, 0.1) is 11.9 Å². The highest BCUT2D eigenvalue weighted by Crippen LogP contribution is 2.21. The smallest absolute Gasteiger partial charge is 0.156 e. The third-order valence-corrected chi connectivity index (χ3v) is 2.46. The lowest BCUT2D eigenvalue weighted by atomic mass is 10.1. The second kappa shape index (κ2) is 3.94. The molecule has 1 aromatic heterocycles. The van der Waals surface area contributed by atoms with E-state index in [0.717, 1.165) is 0 Å². The standard InChI is InChI=1S/C10H7BrFN3/c11-9-10(13)14-5-8(15-9)6-2-1-3-7(12)4-6/h1-5H,(H2,13,14). The summed E-state index contributed by atoms with van der Waals surface area (Å²) in [6.45, 7) is 0. The van der Waals surface area contributed by atoms with Gasteiger partial charge in [0.2, 0.25) is 0 Å². The van der Waals surface area contributed by atoms with Crippen molar-refractivity contribution in [3.05, 3.63) is 40.9 Å². The molecule has 2 rings (SSSR count). The number of nitrogen functional groups attached to an aromatic ring is 1. The molecule has 2 N–H and O–H groups in total. The van der Waals surface area contributed by atoms with Gasteiger partial charge in [-0.2, -0.15) is 0 Å². The zero-order valence-electron chi connectivity index (χ0n) is 7.61. The van der Waals surface area contributed by atoms with Crippen LogP contribution in [0.25, 0.3) is 11.3 Å². The van der Waals surface area contributed by atoms with Gasteiger partial charge in [0.25, 0.3) is 0 Å². The van der Waals surface area contributed by atoms with Crippen LogP contribution >= 0.6 is 15.9 Å². The molecule has 0 saturated heterocycles. The molecule has 0 unspecified atom stereocenters. The summed E-state index contributed by atoms with van der Waals surface area (Å²) in [5.74, 6) is 0.0115. The van der Waals surface area contributed by atoms with Gasteiger partial charge in [-0.15, -0.1) is 0 Å². The Balaban J connectivity index is 2.50. The lowest BCUT2D eigenvalue weighted by Crippen LogP contribution is -1.95. The Bertz CT molecular complexity index is 502. The maximum absolute atomic E-state index is 12.9. The van der Waals surface area contributed by atoms with Gasteiger partial charge in [0.15, 0.2) is 5.82 Å². The number of hydrogen-bond acceptors (Lipinski definition) is 3. The molecule has 0 fully saturated rings. The third kappa shape index (κ3) is 2.12. The Morgan fingerprint density at radius 3 is 2.80 bits per heavy atom. The summed E-state index contributed by atoms with van der Waals surface area (Å²) in [5.41, 5.74) is 6.75. The van der Waals surface area contributed by atoms with E-state index in [9.17, 15) is 4.39 Å². The summed E-state index contributed by atoms with van der Waals surface area (Å²) in [4.78, 5) is 8.08. The summed E-state index contributed by atoms with van der Waals surface area (Å²) in [6.07, 6.45) is 1.51. The highest BCUT2D eigenvalue weighted by molar-refractivity contribution is 9.10. The van der Waals surface area contributed by atoms with Gasteiger partial charge in [-0.25, -0.2) is 14.4 Å². The summed E-state index contributed by atoms with van der Waals surface area (Å²) in [5, 5.41) is 0. The van der Waals surface area contributed by atoms with Crippen molar-refractivity contribution in [3.8, 4) is 11.3 Å². The largest absolute Gasteiger partial charge is 0.381 e. The molecule has 1 heterocycles. The van der Waals surface area contributed by atoms with Crippen LogP contribution in [0.2, 0.25) is 0 Å². The molecule has 76 valence electrons. The molecular weight excluding hydrogens is 261 g/mol. The van der Waals surface area contributed by atoms with E-state index in [-0.39, 0.29) is 5.82 Å². The fourth-order valence-electron chi connectivity index (χ4n) is 1.16. The van der Waals surface area contributed by atoms with Gasteiger partial charge >= 0.3 is 0 Å². The van der Waals surface area contributed by atoms with Crippen LogP contribution in [0.5, 0.6) is 0 Å². The molecule has 0 atom stereocenters. The number of aromatic nitrogens is 2. The van der Waals surface area contributed by atoms with Crippen LogP contribution < -0.4 is 5.73 Å². The van der Waals surface area contributed by atoms with Gasteiger partial charge < -0.3 is 5.73 Å². The summed E-state index contributed by atoms with van der Waals surface area (Å²) in [7, 11) is 0. The number of hydrogen-bond donors (Lipinski definition) is 1. The van der Waals surface area contributed by atoms with E-state index < -0.39 is 0 Å². The lowest BCUT2D eigenvalue weighted by molar-refractivity contribution is 0.628. The fourth-order valence-corrected chi connectivity index (χ4v) is 1.46. The van der Waals surface area contributed by atoms with Crippen molar-refractivity contribution in [3.63, 3.8) is 0 Å². The molecule has 0 radical (unpaired) electrons. The molecule has 3 nitrogen and oxygen atoms in total. The molecule has 2 aromatic rings. The van der Waals surface area contributed by atoms with Crippen LogP contribution in [0.1, 0.15) is 0 Å². The predicted molar refractivity (Wildman–Crippen MR) is 59.5 cm³/mol. The first-order chi connectivity index (χ1) is 7.16. The SMILES string of the molecule is Nc1ncc(-c2cccc(F)c2)nc1Br. The highest BCUT2D eigenvalue weighted by Gasteiger charge is 2.04. The number of nitrogens with two attached hydrogens (primary N) is 1. The van der Waals surface area contributed by atoms with Crippen molar-refractivity contribution in [2.24, 2.45) is 0 Å². The molecule has 0 aliphatic rings. The third-order valence-electron chi connectivity index (χ3n) is 1.88. The van der Waals surface area contributed by atoms with E-state index in [1.807, 2.05) is 0 Å². The molecule has 0 bridgehead atoms. The molecule has 1 aromatic carbocycles. The topological polar surface area (TPSA) is 51.8 Å². The minimum Gasteiger partial charge on any atom is -0.381 e. The Hall–Kier alpha value is -1.49. The quantitative estimate of drug-likeness (QED) is 0.864. The zero-order chi connectivity index (χ0) is 10.8. The highest BCUT2D eigenvalue weighted by atomic mass is 79.9. The zero-order valence-corrected chi connectivity index (χ0v) is 9.20. The van der Waals surface area contributed by atoms with Crippen molar-refractivity contribution in [2.75, 3.05) is 5.73 Å². The van der Waals surface area contributed by atoms with Crippen molar-refractivity contribution >= 4 is 21.7 Å². The first kappa shape index (κ1) is 10.0. The van der Waals surface area contributed by atoms with E-state index in [0.29, 0.717) is 21.7 Å². The maximum atomic E-state index is 12.9. The van der Waals surface area contributed by atoms with Crippen molar-refractivity contribution in [1.82, 2.24) is 9.97 Å². The molecular formula is C10H7BrFN3. The number of nitrogens with zero attached hydrogens (tertiary/aromatic N) is 2. The Morgan fingerprint density at radius 2 is 2.13 bits per heavy atom. The second-order valence-corrected chi connectivity index (χ2v) is 3.69. The molecule has 15 heavy (non-hydrogen) atoms. The first-order valence-electron chi connectivity index (χ1n) is 4.21. The monoisotopic (exact) mass is 267 g/mol. The minimum absolute atomic E-state index is 0.303. The summed E-state index contributed by atoms with van der Waals surface area (Å²) < 4.78 is 13.4. The fraction of sp³-hybridized carbons (Fsp3) is 0. The normalized spacial score (nSPS) is 10.3. The van der Waals surface area contributed by atoms with Gasteiger partial charge in [-0.05, 0) is 28.1 Å². The number of halogens is 2. The lowest BCUT2D eigenvalue weighted by Gasteiger charge is -2.02. The minimum atomic E-state index is -0.303. The summed E-state index contributed by atoms with van der Waals surface area (Å²) >= 11 is 3.17. The average Bonchev–Trinajstić information content (AvgIpc) is 2.22. The van der Waals surface area contributed by atoms with Crippen LogP contribution in [0.15, 0.2) is 35.1 Å². The molecule has 5 heteroatoms. The molecule has 0 aliphatic carbocycles. The number of rotatable bonds is 1. The van der Waals surface area contributed by atoms with Crippen molar-refractivity contribution in [2.45, 2.75) is 0 Å². The molecule has 0 aliphatic heterocycles. The molecule has 0 saturated carbocycles.